The number of benzene rings is 3. The van der Waals surface area contributed by atoms with Crippen molar-refractivity contribution in [2.24, 2.45) is 0 Å². The van der Waals surface area contributed by atoms with Gasteiger partial charge in [0.05, 0.1) is 11.3 Å². The zero-order valence-electron chi connectivity index (χ0n) is 19.9. The van der Waals surface area contributed by atoms with Gasteiger partial charge in [0.15, 0.2) is 5.69 Å². The van der Waals surface area contributed by atoms with Crippen LogP contribution in [0.2, 0.25) is 0 Å². The van der Waals surface area contributed by atoms with Crippen molar-refractivity contribution in [3.8, 4) is 28.1 Å². The van der Waals surface area contributed by atoms with Crippen molar-refractivity contribution in [1.29, 1.82) is 0 Å². The second kappa shape index (κ2) is 10.2. The Morgan fingerprint density at radius 2 is 1.66 bits per heavy atom. The van der Waals surface area contributed by atoms with Gasteiger partial charge in [-0.15, -0.1) is 0 Å². The summed E-state index contributed by atoms with van der Waals surface area (Å²) >= 11 is 0. The monoisotopic (exact) mass is 522 g/mol. The molecule has 0 aliphatic rings. The zero-order valence-corrected chi connectivity index (χ0v) is 19.9. The van der Waals surface area contributed by atoms with Crippen LogP contribution in [0.25, 0.3) is 28.1 Å². The average molecular weight is 522 g/mol. The Bertz CT molecular complexity index is 1600. The number of anilines is 1. The lowest BCUT2D eigenvalue weighted by Gasteiger charge is -2.18. The van der Waals surface area contributed by atoms with Crippen LogP contribution in [0.3, 0.4) is 0 Å². The van der Waals surface area contributed by atoms with Gasteiger partial charge in [0, 0.05) is 22.6 Å². The number of carboxylic acids is 1. The van der Waals surface area contributed by atoms with E-state index in [4.69, 9.17) is 10.8 Å². The maximum absolute atomic E-state index is 13.5. The van der Waals surface area contributed by atoms with E-state index in [1.807, 2.05) is 0 Å². The second-order valence-corrected chi connectivity index (χ2v) is 8.33. The molecule has 1 amide bonds. The minimum Gasteiger partial charge on any atom is -0.480 e. The van der Waals surface area contributed by atoms with Crippen molar-refractivity contribution in [2.45, 2.75) is 13.1 Å². The van der Waals surface area contributed by atoms with E-state index < -0.39 is 41.4 Å². The molecule has 0 aliphatic carbocycles. The minimum atomic E-state index is -4.67. The molecule has 1 heterocycles. The van der Waals surface area contributed by atoms with Gasteiger partial charge in [-0.1, -0.05) is 42.5 Å². The van der Waals surface area contributed by atoms with Gasteiger partial charge in [0.25, 0.3) is 11.5 Å². The number of aliphatic carboxylic acids is 1. The fraction of sp³-hybridized carbons (Fsp3) is 0.111. The highest BCUT2D eigenvalue weighted by molar-refractivity contribution is 5.95. The summed E-state index contributed by atoms with van der Waals surface area (Å²) in [6.45, 7) is 0.720. The quantitative estimate of drug-likeness (QED) is 0.324. The van der Waals surface area contributed by atoms with E-state index >= 15 is 0 Å². The molecule has 11 heteroatoms. The number of rotatable bonds is 6. The number of nitrogens with two attached hydrogens (primary N) is 1. The molecule has 0 bridgehead atoms. The van der Waals surface area contributed by atoms with E-state index in [0.29, 0.717) is 16.8 Å². The van der Waals surface area contributed by atoms with Crippen LogP contribution in [0.15, 0.2) is 77.6 Å². The highest BCUT2D eigenvalue weighted by Gasteiger charge is 2.31. The van der Waals surface area contributed by atoms with Gasteiger partial charge in [0.1, 0.15) is 6.54 Å². The fourth-order valence-electron chi connectivity index (χ4n) is 3.98. The SMILES string of the molecule is Cc1c(-c2ccccc2-c2ccc(N)cc2)nc(C(=O)NCC(=O)O)c(=O)n1-c1cccc(C(F)(F)F)c1. The first-order chi connectivity index (χ1) is 18.0. The Balaban J connectivity index is 2.01. The molecule has 0 saturated heterocycles. The van der Waals surface area contributed by atoms with Crippen molar-refractivity contribution in [2.75, 3.05) is 12.3 Å². The minimum absolute atomic E-state index is 0.136. The molecular formula is C27H21F3N4O4. The molecule has 0 fully saturated rings. The summed E-state index contributed by atoms with van der Waals surface area (Å²) in [5.41, 5.74) is 5.76. The molecular weight excluding hydrogens is 501 g/mol. The molecule has 0 saturated carbocycles. The Hall–Kier alpha value is -4.93. The summed E-state index contributed by atoms with van der Waals surface area (Å²) < 4.78 is 41.3. The summed E-state index contributed by atoms with van der Waals surface area (Å²) in [6, 6.07) is 18.0. The van der Waals surface area contributed by atoms with E-state index in [1.54, 1.807) is 48.5 Å². The van der Waals surface area contributed by atoms with Crippen LogP contribution in [-0.4, -0.2) is 33.1 Å². The molecule has 1 aromatic heterocycles. The van der Waals surface area contributed by atoms with Crippen LogP contribution in [0.5, 0.6) is 0 Å². The van der Waals surface area contributed by atoms with E-state index in [1.165, 1.54) is 13.0 Å². The van der Waals surface area contributed by atoms with Gasteiger partial charge < -0.3 is 16.2 Å². The number of alkyl halides is 3. The van der Waals surface area contributed by atoms with Crippen molar-refractivity contribution < 1.29 is 27.9 Å². The van der Waals surface area contributed by atoms with Crippen LogP contribution >= 0.6 is 0 Å². The molecule has 0 unspecified atom stereocenters. The zero-order chi connectivity index (χ0) is 27.6. The van der Waals surface area contributed by atoms with Crippen LogP contribution in [0, 0.1) is 6.92 Å². The predicted octanol–water partition coefficient (Wildman–Crippen LogP) is 4.29. The van der Waals surface area contributed by atoms with Crippen molar-refractivity contribution in [1.82, 2.24) is 14.9 Å². The lowest BCUT2D eigenvalue weighted by Crippen LogP contribution is -2.37. The number of hydrogen-bond acceptors (Lipinski definition) is 5. The first-order valence-corrected chi connectivity index (χ1v) is 11.2. The maximum atomic E-state index is 13.5. The fourth-order valence-corrected chi connectivity index (χ4v) is 3.98. The number of hydrogen-bond donors (Lipinski definition) is 3. The highest BCUT2D eigenvalue weighted by Crippen LogP contribution is 2.34. The predicted molar refractivity (Wildman–Crippen MR) is 135 cm³/mol. The van der Waals surface area contributed by atoms with Gasteiger partial charge in [0.2, 0.25) is 0 Å². The summed E-state index contributed by atoms with van der Waals surface area (Å²) in [6.07, 6.45) is -4.67. The molecule has 194 valence electrons. The number of nitrogens with one attached hydrogen (secondary N) is 1. The molecule has 4 N–H and O–H groups in total. The molecule has 4 aromatic rings. The number of halogens is 3. The Morgan fingerprint density at radius 3 is 2.29 bits per heavy atom. The summed E-state index contributed by atoms with van der Waals surface area (Å²) in [5.74, 6) is -2.43. The van der Waals surface area contributed by atoms with Crippen molar-refractivity contribution >= 4 is 17.6 Å². The number of carboxylic acid groups (broad SMARTS) is 1. The number of carbonyl (C=O) groups is 2. The second-order valence-electron chi connectivity index (χ2n) is 8.33. The van der Waals surface area contributed by atoms with Gasteiger partial charge >= 0.3 is 12.1 Å². The molecule has 3 aromatic carbocycles. The average Bonchev–Trinajstić information content (AvgIpc) is 2.88. The van der Waals surface area contributed by atoms with Crippen LogP contribution in [0.4, 0.5) is 18.9 Å². The molecule has 0 aliphatic heterocycles. The Morgan fingerprint density at radius 1 is 1.00 bits per heavy atom. The highest BCUT2D eigenvalue weighted by atomic mass is 19.4. The van der Waals surface area contributed by atoms with Gasteiger partial charge in [-0.3, -0.25) is 19.0 Å². The summed E-state index contributed by atoms with van der Waals surface area (Å²) in [5, 5.41) is 11.0. The first kappa shape index (κ1) is 26.1. The largest absolute Gasteiger partial charge is 0.480 e. The number of nitrogens with zero attached hydrogens (tertiary/aromatic N) is 2. The topological polar surface area (TPSA) is 127 Å². The molecule has 4 rings (SSSR count). The van der Waals surface area contributed by atoms with Gasteiger partial charge in [-0.2, -0.15) is 13.2 Å². The van der Waals surface area contributed by atoms with E-state index in [2.05, 4.69) is 10.3 Å². The summed E-state index contributed by atoms with van der Waals surface area (Å²) in [4.78, 5) is 41.5. The third kappa shape index (κ3) is 5.26. The molecule has 38 heavy (non-hydrogen) atoms. The molecule has 0 atom stereocenters. The van der Waals surface area contributed by atoms with E-state index in [9.17, 15) is 27.6 Å². The van der Waals surface area contributed by atoms with E-state index in [0.717, 1.165) is 28.3 Å². The standard InChI is InChI=1S/C27H21F3N4O4/c1-15-23(21-8-3-2-7-20(21)16-9-11-18(31)12-10-16)33-24(25(37)32-14-22(35)36)26(38)34(15)19-6-4-5-17(13-19)27(28,29)30/h2-13H,14,31H2,1H3,(H,32,37)(H,35,36). The number of nitrogen functional groups attached to an aromatic ring is 1. The lowest BCUT2D eigenvalue weighted by molar-refractivity contribution is -0.138. The Labute approximate surface area is 214 Å². The molecule has 0 radical (unpaired) electrons. The first-order valence-electron chi connectivity index (χ1n) is 11.2. The van der Waals surface area contributed by atoms with Gasteiger partial charge in [-0.25, -0.2) is 4.98 Å². The maximum Gasteiger partial charge on any atom is 0.416 e. The van der Waals surface area contributed by atoms with Crippen LogP contribution in [-0.2, 0) is 11.0 Å². The lowest BCUT2D eigenvalue weighted by atomic mass is 9.96. The smallest absolute Gasteiger partial charge is 0.416 e. The Kier molecular flexibility index (Phi) is 7.02. The number of amides is 1. The number of carbonyl (C=O) groups excluding carboxylic acids is 1. The van der Waals surface area contributed by atoms with Gasteiger partial charge in [-0.05, 0) is 48.4 Å². The third-order valence-electron chi connectivity index (χ3n) is 5.76. The number of aromatic nitrogens is 2. The van der Waals surface area contributed by atoms with Crippen LogP contribution < -0.4 is 16.6 Å². The van der Waals surface area contributed by atoms with E-state index in [-0.39, 0.29) is 17.1 Å². The van der Waals surface area contributed by atoms with Crippen molar-refractivity contribution in [3.05, 3.63) is 100 Å². The third-order valence-corrected chi connectivity index (χ3v) is 5.76. The molecule has 0 spiro atoms. The van der Waals surface area contributed by atoms with Crippen LogP contribution in [0.1, 0.15) is 21.7 Å². The van der Waals surface area contributed by atoms with Crippen molar-refractivity contribution in [3.63, 3.8) is 0 Å². The normalized spacial score (nSPS) is 11.3. The molecule has 8 nitrogen and oxygen atoms in total. The summed E-state index contributed by atoms with van der Waals surface area (Å²) in [7, 11) is 0.